The van der Waals surface area contributed by atoms with Gasteiger partial charge in [-0.3, -0.25) is 4.79 Å². The Labute approximate surface area is 148 Å². The molecule has 1 amide bonds. The maximum Gasteiger partial charge on any atom is 0.263 e. The molecule has 3 rings (SSSR count). The molecule has 2 unspecified atom stereocenters. The van der Waals surface area contributed by atoms with E-state index in [0.717, 1.165) is 19.4 Å². The van der Waals surface area contributed by atoms with Crippen LogP contribution in [0.3, 0.4) is 0 Å². The number of ether oxygens (including phenoxy) is 1. The molecule has 1 aliphatic rings. The summed E-state index contributed by atoms with van der Waals surface area (Å²) in [6.45, 7) is 4.61. The van der Waals surface area contributed by atoms with Gasteiger partial charge in [0.25, 0.3) is 5.91 Å². The van der Waals surface area contributed by atoms with E-state index in [-0.39, 0.29) is 11.9 Å². The maximum atomic E-state index is 12.9. The van der Waals surface area contributed by atoms with Crippen molar-refractivity contribution in [2.24, 2.45) is 0 Å². The van der Waals surface area contributed by atoms with E-state index in [4.69, 9.17) is 10.00 Å². The zero-order valence-corrected chi connectivity index (χ0v) is 14.6. The van der Waals surface area contributed by atoms with E-state index >= 15 is 0 Å². The number of nitrogens with zero attached hydrogens (tertiary/aromatic N) is 2. The third kappa shape index (κ3) is 3.83. The number of carbonyl (C=O) groups excluding carboxylic acids is 1. The van der Waals surface area contributed by atoms with Gasteiger partial charge in [-0.2, -0.15) is 5.26 Å². The summed E-state index contributed by atoms with van der Waals surface area (Å²) in [5, 5.41) is 8.85. The smallest absolute Gasteiger partial charge is 0.263 e. The molecule has 0 aliphatic carbocycles. The monoisotopic (exact) mass is 334 g/mol. The first-order chi connectivity index (χ1) is 12.1. The predicted octanol–water partition coefficient (Wildman–Crippen LogP) is 4.00. The SMILES string of the molecule is Cc1ccc(C2CCCN2C(=O)C(C)Oc2ccc(C#N)cc2)cc1. The van der Waals surface area contributed by atoms with Crippen molar-refractivity contribution in [3.63, 3.8) is 0 Å². The van der Waals surface area contributed by atoms with E-state index in [2.05, 4.69) is 37.3 Å². The van der Waals surface area contributed by atoms with Gasteiger partial charge < -0.3 is 9.64 Å². The Hall–Kier alpha value is -2.80. The highest BCUT2D eigenvalue weighted by Gasteiger charge is 2.33. The number of hydrogen-bond acceptors (Lipinski definition) is 3. The average Bonchev–Trinajstić information content (AvgIpc) is 3.12. The van der Waals surface area contributed by atoms with Crippen molar-refractivity contribution in [2.75, 3.05) is 6.54 Å². The molecule has 128 valence electrons. The zero-order chi connectivity index (χ0) is 17.8. The van der Waals surface area contributed by atoms with Crippen molar-refractivity contribution in [2.45, 2.75) is 38.8 Å². The number of benzene rings is 2. The molecular weight excluding hydrogens is 312 g/mol. The largest absolute Gasteiger partial charge is 0.481 e. The van der Waals surface area contributed by atoms with Crippen LogP contribution in [0.1, 0.15) is 42.5 Å². The van der Waals surface area contributed by atoms with Crippen LogP contribution in [0.5, 0.6) is 5.75 Å². The number of amides is 1. The van der Waals surface area contributed by atoms with Crippen LogP contribution in [0, 0.1) is 18.3 Å². The number of nitriles is 1. The second kappa shape index (κ2) is 7.40. The van der Waals surface area contributed by atoms with Crippen molar-refractivity contribution < 1.29 is 9.53 Å². The summed E-state index contributed by atoms with van der Waals surface area (Å²) in [6, 6.07) is 17.4. The Kier molecular flexibility index (Phi) is 5.04. The van der Waals surface area contributed by atoms with Crippen molar-refractivity contribution >= 4 is 5.91 Å². The highest BCUT2D eigenvalue weighted by atomic mass is 16.5. The van der Waals surface area contributed by atoms with Crippen LogP contribution < -0.4 is 4.74 Å². The molecule has 4 heteroatoms. The van der Waals surface area contributed by atoms with Crippen LogP contribution >= 0.6 is 0 Å². The van der Waals surface area contributed by atoms with E-state index in [0.29, 0.717) is 11.3 Å². The van der Waals surface area contributed by atoms with Gasteiger partial charge in [0.15, 0.2) is 6.10 Å². The summed E-state index contributed by atoms with van der Waals surface area (Å²) in [7, 11) is 0. The normalized spacial score (nSPS) is 17.8. The molecule has 2 aromatic carbocycles. The first-order valence-electron chi connectivity index (χ1n) is 8.62. The van der Waals surface area contributed by atoms with Crippen LogP contribution in [-0.2, 0) is 4.79 Å². The second-order valence-electron chi connectivity index (χ2n) is 6.50. The van der Waals surface area contributed by atoms with Gasteiger partial charge >= 0.3 is 0 Å². The summed E-state index contributed by atoms with van der Waals surface area (Å²) in [4.78, 5) is 14.8. The van der Waals surface area contributed by atoms with Crippen LogP contribution in [0.2, 0.25) is 0 Å². The molecule has 1 heterocycles. The van der Waals surface area contributed by atoms with Gasteiger partial charge in [-0.15, -0.1) is 0 Å². The summed E-state index contributed by atoms with van der Waals surface area (Å²) in [6.07, 6.45) is 1.44. The average molecular weight is 334 g/mol. The standard InChI is InChI=1S/C21H22N2O2/c1-15-5-9-18(10-6-15)20-4-3-13-23(20)21(24)16(2)25-19-11-7-17(14-22)8-12-19/h5-12,16,20H,3-4,13H2,1-2H3. The lowest BCUT2D eigenvalue weighted by molar-refractivity contribution is -0.138. The number of rotatable bonds is 4. The van der Waals surface area contributed by atoms with Gasteiger partial charge in [0, 0.05) is 6.54 Å². The lowest BCUT2D eigenvalue weighted by atomic mass is 10.0. The summed E-state index contributed by atoms with van der Waals surface area (Å²) < 4.78 is 5.79. The molecule has 0 radical (unpaired) electrons. The molecule has 2 atom stereocenters. The fraction of sp³-hybridized carbons (Fsp3) is 0.333. The Morgan fingerprint density at radius 2 is 1.88 bits per heavy atom. The molecule has 0 N–H and O–H groups in total. The van der Waals surface area contributed by atoms with Crippen molar-refractivity contribution in [3.8, 4) is 11.8 Å². The van der Waals surface area contributed by atoms with Gasteiger partial charge in [-0.1, -0.05) is 29.8 Å². The van der Waals surface area contributed by atoms with Gasteiger partial charge in [0.2, 0.25) is 0 Å². The number of aryl methyl sites for hydroxylation is 1. The predicted molar refractivity (Wildman–Crippen MR) is 96.1 cm³/mol. The van der Waals surface area contributed by atoms with Gasteiger partial charge in [-0.05, 0) is 56.5 Å². The van der Waals surface area contributed by atoms with Crippen LogP contribution in [0.15, 0.2) is 48.5 Å². The van der Waals surface area contributed by atoms with Crippen molar-refractivity contribution in [1.29, 1.82) is 5.26 Å². The lowest BCUT2D eigenvalue weighted by Crippen LogP contribution is -2.40. The zero-order valence-electron chi connectivity index (χ0n) is 14.6. The van der Waals surface area contributed by atoms with E-state index < -0.39 is 6.10 Å². The molecule has 1 aliphatic heterocycles. The first-order valence-corrected chi connectivity index (χ1v) is 8.62. The lowest BCUT2D eigenvalue weighted by Gasteiger charge is -2.28. The summed E-state index contributed by atoms with van der Waals surface area (Å²) in [5.41, 5.74) is 2.98. The van der Waals surface area contributed by atoms with Crippen molar-refractivity contribution in [1.82, 2.24) is 4.90 Å². The third-order valence-corrected chi connectivity index (χ3v) is 4.64. The molecule has 0 bridgehead atoms. The first kappa shape index (κ1) is 17.0. The minimum absolute atomic E-state index is 0.00688. The van der Waals surface area contributed by atoms with E-state index in [1.807, 2.05) is 4.90 Å². The van der Waals surface area contributed by atoms with Crippen LogP contribution in [0.4, 0.5) is 0 Å². The Bertz CT molecular complexity index is 775. The number of carbonyl (C=O) groups is 1. The fourth-order valence-corrected chi connectivity index (χ4v) is 3.26. The van der Waals surface area contributed by atoms with Gasteiger partial charge in [0.1, 0.15) is 5.75 Å². The number of likely N-dealkylation sites (tertiary alicyclic amines) is 1. The van der Waals surface area contributed by atoms with Crippen LogP contribution in [0.25, 0.3) is 0 Å². The molecule has 1 fully saturated rings. The Morgan fingerprint density at radius 1 is 1.20 bits per heavy atom. The van der Waals surface area contributed by atoms with Gasteiger partial charge in [-0.25, -0.2) is 0 Å². The molecule has 4 nitrogen and oxygen atoms in total. The topological polar surface area (TPSA) is 53.3 Å². The highest BCUT2D eigenvalue weighted by molar-refractivity contribution is 5.81. The third-order valence-electron chi connectivity index (χ3n) is 4.64. The summed E-state index contributed by atoms with van der Waals surface area (Å²) in [5.74, 6) is 0.610. The Morgan fingerprint density at radius 3 is 2.52 bits per heavy atom. The molecule has 0 saturated carbocycles. The molecule has 1 saturated heterocycles. The molecular formula is C21H22N2O2. The van der Waals surface area contributed by atoms with E-state index in [1.165, 1.54) is 11.1 Å². The molecule has 25 heavy (non-hydrogen) atoms. The maximum absolute atomic E-state index is 12.9. The quantitative estimate of drug-likeness (QED) is 0.849. The second-order valence-corrected chi connectivity index (χ2v) is 6.50. The highest BCUT2D eigenvalue weighted by Crippen LogP contribution is 2.32. The minimum Gasteiger partial charge on any atom is -0.481 e. The number of hydrogen-bond donors (Lipinski definition) is 0. The van der Waals surface area contributed by atoms with E-state index in [1.54, 1.807) is 31.2 Å². The van der Waals surface area contributed by atoms with E-state index in [9.17, 15) is 4.79 Å². The van der Waals surface area contributed by atoms with Crippen molar-refractivity contribution in [3.05, 3.63) is 65.2 Å². The fourth-order valence-electron chi connectivity index (χ4n) is 3.26. The Balaban J connectivity index is 1.69. The molecule has 0 spiro atoms. The molecule has 2 aromatic rings. The van der Waals surface area contributed by atoms with Gasteiger partial charge in [0.05, 0.1) is 17.7 Å². The summed E-state index contributed by atoms with van der Waals surface area (Å²) >= 11 is 0. The minimum atomic E-state index is -0.556. The molecule has 0 aromatic heterocycles. The van der Waals surface area contributed by atoms with Crippen LogP contribution in [-0.4, -0.2) is 23.5 Å².